The highest BCUT2D eigenvalue weighted by Crippen LogP contribution is 2.38. The number of ether oxygens (including phenoxy) is 1. The Morgan fingerprint density at radius 1 is 1.32 bits per heavy atom. The predicted molar refractivity (Wildman–Crippen MR) is 80.2 cm³/mol. The lowest BCUT2D eigenvalue weighted by atomic mass is 10.2. The smallest absolute Gasteiger partial charge is 0.146 e. The van der Waals surface area contributed by atoms with Crippen molar-refractivity contribution in [2.24, 2.45) is 7.05 Å². The van der Waals surface area contributed by atoms with Gasteiger partial charge in [-0.2, -0.15) is 5.10 Å². The van der Waals surface area contributed by atoms with Crippen molar-refractivity contribution in [1.29, 1.82) is 0 Å². The Hall–Kier alpha value is -1.73. The third kappa shape index (κ3) is 2.91. The third-order valence-corrected chi connectivity index (χ3v) is 4.48. The molecule has 0 aromatic carbocycles. The van der Waals surface area contributed by atoms with Gasteiger partial charge in [-0.25, -0.2) is 0 Å². The molecule has 0 amide bonds. The highest BCUT2D eigenvalue weighted by molar-refractivity contribution is 5.07. The van der Waals surface area contributed by atoms with Crippen molar-refractivity contribution in [1.82, 2.24) is 29.4 Å². The minimum Gasteiger partial charge on any atom is -0.374 e. The van der Waals surface area contributed by atoms with E-state index in [2.05, 4.69) is 31.8 Å². The highest BCUT2D eigenvalue weighted by Gasteiger charge is 2.30. The minimum absolute atomic E-state index is 0.185. The maximum Gasteiger partial charge on any atom is 0.146 e. The number of aromatic nitrogens is 5. The zero-order valence-electron chi connectivity index (χ0n) is 12.9. The topological polar surface area (TPSA) is 61.0 Å². The quantitative estimate of drug-likeness (QED) is 0.817. The maximum absolute atomic E-state index is 5.86. The molecular formula is C15H22N6O. The van der Waals surface area contributed by atoms with Crippen molar-refractivity contribution in [3.8, 4) is 0 Å². The summed E-state index contributed by atoms with van der Waals surface area (Å²) in [5.74, 6) is 2.85. The summed E-state index contributed by atoms with van der Waals surface area (Å²) in [6.45, 7) is 4.26. The Balaban J connectivity index is 1.38. The van der Waals surface area contributed by atoms with E-state index in [1.54, 1.807) is 6.20 Å². The average Bonchev–Trinajstić information content (AvgIpc) is 3.12. The molecule has 0 bridgehead atoms. The molecule has 2 aliphatic rings. The Morgan fingerprint density at radius 3 is 3.00 bits per heavy atom. The van der Waals surface area contributed by atoms with E-state index in [1.165, 1.54) is 12.8 Å². The molecule has 0 N–H and O–H groups in total. The standard InChI is InChI=1S/C15H22N6O/c1-19-14(17-18-15(19)12-3-4-12)11-20-7-8-22-13(9-20)10-21-6-2-5-16-21/h2,5-6,12-13H,3-4,7-11H2,1H3/t13-/m0/s1. The van der Waals surface area contributed by atoms with Crippen LogP contribution in [0.15, 0.2) is 18.5 Å². The van der Waals surface area contributed by atoms with Crippen LogP contribution in [0.4, 0.5) is 0 Å². The zero-order chi connectivity index (χ0) is 14.9. The Morgan fingerprint density at radius 2 is 2.23 bits per heavy atom. The molecule has 7 nitrogen and oxygen atoms in total. The normalized spacial score (nSPS) is 23.0. The molecule has 1 aliphatic heterocycles. The predicted octanol–water partition coefficient (Wildman–Crippen LogP) is 0.790. The maximum atomic E-state index is 5.86. The molecule has 0 spiro atoms. The monoisotopic (exact) mass is 302 g/mol. The van der Waals surface area contributed by atoms with Crippen molar-refractivity contribution < 1.29 is 4.74 Å². The van der Waals surface area contributed by atoms with Gasteiger partial charge in [0, 0.05) is 38.4 Å². The average molecular weight is 302 g/mol. The third-order valence-electron chi connectivity index (χ3n) is 4.48. The summed E-state index contributed by atoms with van der Waals surface area (Å²) in [4.78, 5) is 2.40. The van der Waals surface area contributed by atoms with E-state index < -0.39 is 0 Å². The first-order valence-electron chi connectivity index (χ1n) is 7.99. The van der Waals surface area contributed by atoms with E-state index in [0.717, 1.165) is 44.4 Å². The second kappa shape index (κ2) is 5.81. The van der Waals surface area contributed by atoms with Gasteiger partial charge in [0.25, 0.3) is 0 Å². The van der Waals surface area contributed by atoms with Gasteiger partial charge >= 0.3 is 0 Å². The number of hydrogen-bond acceptors (Lipinski definition) is 5. The summed E-state index contributed by atoms with van der Waals surface area (Å²) in [6.07, 6.45) is 6.49. The molecule has 2 fully saturated rings. The molecule has 7 heteroatoms. The summed E-state index contributed by atoms with van der Waals surface area (Å²) < 4.78 is 9.97. The van der Waals surface area contributed by atoms with Crippen LogP contribution in [0.5, 0.6) is 0 Å². The van der Waals surface area contributed by atoms with Crippen LogP contribution in [0.3, 0.4) is 0 Å². The molecule has 118 valence electrons. The van der Waals surface area contributed by atoms with Gasteiger partial charge in [0.1, 0.15) is 11.6 Å². The van der Waals surface area contributed by atoms with Crippen LogP contribution in [0.2, 0.25) is 0 Å². The summed E-state index contributed by atoms with van der Waals surface area (Å²) in [5.41, 5.74) is 0. The molecule has 1 saturated carbocycles. The first-order chi connectivity index (χ1) is 10.8. The van der Waals surface area contributed by atoms with E-state index in [0.29, 0.717) is 5.92 Å². The lowest BCUT2D eigenvalue weighted by Crippen LogP contribution is -2.44. The van der Waals surface area contributed by atoms with Crippen molar-refractivity contribution in [2.45, 2.75) is 38.0 Å². The number of hydrogen-bond donors (Lipinski definition) is 0. The lowest BCUT2D eigenvalue weighted by molar-refractivity contribution is -0.0411. The van der Waals surface area contributed by atoms with Crippen LogP contribution in [0.1, 0.15) is 30.4 Å². The second-order valence-corrected chi connectivity index (χ2v) is 6.26. The van der Waals surface area contributed by atoms with Gasteiger partial charge in [0.2, 0.25) is 0 Å². The van der Waals surface area contributed by atoms with Crippen LogP contribution < -0.4 is 0 Å². The van der Waals surface area contributed by atoms with Crippen LogP contribution in [0.25, 0.3) is 0 Å². The van der Waals surface area contributed by atoms with Crippen molar-refractivity contribution >= 4 is 0 Å². The molecule has 0 unspecified atom stereocenters. The fraction of sp³-hybridized carbons (Fsp3) is 0.667. The van der Waals surface area contributed by atoms with Crippen molar-refractivity contribution in [3.63, 3.8) is 0 Å². The highest BCUT2D eigenvalue weighted by atomic mass is 16.5. The zero-order valence-corrected chi connectivity index (χ0v) is 12.9. The molecule has 22 heavy (non-hydrogen) atoms. The fourth-order valence-corrected chi connectivity index (χ4v) is 3.06. The molecule has 4 rings (SSSR count). The number of rotatable bonds is 5. The lowest BCUT2D eigenvalue weighted by Gasteiger charge is -2.32. The Kier molecular flexibility index (Phi) is 3.67. The first-order valence-corrected chi connectivity index (χ1v) is 7.99. The van der Waals surface area contributed by atoms with Crippen LogP contribution in [-0.2, 0) is 24.9 Å². The summed E-state index contributed by atoms with van der Waals surface area (Å²) in [6, 6.07) is 1.94. The Bertz CT molecular complexity index is 618. The molecule has 2 aromatic rings. The summed E-state index contributed by atoms with van der Waals surface area (Å²) in [7, 11) is 2.09. The number of nitrogens with zero attached hydrogens (tertiary/aromatic N) is 6. The van der Waals surface area contributed by atoms with Crippen LogP contribution in [0, 0.1) is 0 Å². The van der Waals surface area contributed by atoms with Crippen molar-refractivity contribution in [3.05, 3.63) is 30.1 Å². The second-order valence-electron chi connectivity index (χ2n) is 6.26. The first kappa shape index (κ1) is 13.9. The summed E-state index contributed by atoms with van der Waals surface area (Å²) in [5, 5.41) is 13.0. The molecule has 3 heterocycles. The molecule has 1 aliphatic carbocycles. The van der Waals surface area contributed by atoms with E-state index in [1.807, 2.05) is 16.9 Å². The van der Waals surface area contributed by atoms with Gasteiger partial charge in [-0.05, 0) is 18.9 Å². The summed E-state index contributed by atoms with van der Waals surface area (Å²) >= 11 is 0. The van der Waals surface area contributed by atoms with Gasteiger partial charge in [0.05, 0.1) is 25.8 Å². The molecule has 0 radical (unpaired) electrons. The fourth-order valence-electron chi connectivity index (χ4n) is 3.06. The van der Waals surface area contributed by atoms with Gasteiger partial charge in [0.15, 0.2) is 0 Å². The van der Waals surface area contributed by atoms with E-state index >= 15 is 0 Å². The molecule has 2 aromatic heterocycles. The van der Waals surface area contributed by atoms with Gasteiger partial charge in [-0.15, -0.1) is 10.2 Å². The van der Waals surface area contributed by atoms with Gasteiger partial charge in [-0.3, -0.25) is 9.58 Å². The van der Waals surface area contributed by atoms with Crippen LogP contribution >= 0.6 is 0 Å². The SMILES string of the molecule is Cn1c(CN2CCO[C@H](Cn3cccn3)C2)nnc1C1CC1. The molecule has 1 atom stereocenters. The van der Waals surface area contributed by atoms with E-state index in [9.17, 15) is 0 Å². The van der Waals surface area contributed by atoms with Gasteiger partial charge < -0.3 is 9.30 Å². The number of morpholine rings is 1. The minimum atomic E-state index is 0.185. The van der Waals surface area contributed by atoms with Crippen molar-refractivity contribution in [2.75, 3.05) is 19.7 Å². The van der Waals surface area contributed by atoms with E-state index in [-0.39, 0.29) is 6.10 Å². The van der Waals surface area contributed by atoms with E-state index in [4.69, 9.17) is 4.74 Å². The Labute approximate surface area is 129 Å². The van der Waals surface area contributed by atoms with Gasteiger partial charge in [-0.1, -0.05) is 0 Å². The largest absolute Gasteiger partial charge is 0.374 e. The molecular weight excluding hydrogens is 280 g/mol. The van der Waals surface area contributed by atoms with Crippen LogP contribution in [-0.4, -0.2) is 55.2 Å². The molecule has 1 saturated heterocycles.